The van der Waals surface area contributed by atoms with Crippen molar-refractivity contribution in [2.24, 2.45) is 0 Å². The molecule has 0 heterocycles. The molecule has 1 aromatic rings. The highest BCUT2D eigenvalue weighted by molar-refractivity contribution is 8.00. The second kappa shape index (κ2) is 6.25. The van der Waals surface area contributed by atoms with E-state index < -0.39 is 25.2 Å². The summed E-state index contributed by atoms with van der Waals surface area (Å²) in [6.45, 7) is 1.85. The van der Waals surface area contributed by atoms with E-state index in [1.165, 1.54) is 23.9 Å². The lowest BCUT2D eigenvalue weighted by Gasteiger charge is -2.17. The van der Waals surface area contributed by atoms with Crippen molar-refractivity contribution < 1.29 is 16.8 Å². The Hall–Kier alpha value is -0.570. The van der Waals surface area contributed by atoms with Crippen LogP contribution >= 0.6 is 11.8 Å². The van der Waals surface area contributed by atoms with Crippen molar-refractivity contribution in [2.75, 3.05) is 18.3 Å². The molecule has 1 atom stereocenters. The van der Waals surface area contributed by atoms with E-state index in [4.69, 9.17) is 0 Å². The first kappa shape index (κ1) is 16.5. The molecule has 0 spiro atoms. The predicted octanol–water partition coefficient (Wildman–Crippen LogP) is 1.01. The highest BCUT2D eigenvalue weighted by atomic mass is 32.2. The van der Waals surface area contributed by atoms with Crippen molar-refractivity contribution in [3.8, 4) is 0 Å². The molecule has 108 valence electrons. The molecular formula is C11H17NO4S3. The SMILES string of the molecule is CSCC(NS(C)(=O)=O)S(=O)(=O)c1ccc(C)cc1. The number of sulfonamides is 1. The third-order valence-electron chi connectivity index (χ3n) is 2.39. The highest BCUT2D eigenvalue weighted by Crippen LogP contribution is 2.18. The van der Waals surface area contributed by atoms with Crippen LogP contribution in [0.25, 0.3) is 0 Å². The van der Waals surface area contributed by atoms with E-state index in [0.29, 0.717) is 0 Å². The molecule has 0 amide bonds. The predicted molar refractivity (Wildman–Crippen MR) is 78.5 cm³/mol. The molecule has 1 aromatic carbocycles. The Morgan fingerprint density at radius 2 is 1.68 bits per heavy atom. The Balaban J connectivity index is 3.16. The van der Waals surface area contributed by atoms with Gasteiger partial charge in [-0.25, -0.2) is 16.8 Å². The molecule has 1 rings (SSSR count). The van der Waals surface area contributed by atoms with E-state index in [1.54, 1.807) is 18.4 Å². The van der Waals surface area contributed by atoms with Crippen LogP contribution in [0.2, 0.25) is 0 Å². The van der Waals surface area contributed by atoms with Gasteiger partial charge in [-0.2, -0.15) is 16.5 Å². The Bertz CT molecular complexity index is 620. The standard InChI is InChI=1S/C11H17NO4S3/c1-9-4-6-10(7-5-9)19(15,16)11(8-17-2)12-18(3,13)14/h4-7,11-12H,8H2,1-3H3. The summed E-state index contributed by atoms with van der Waals surface area (Å²) in [5.74, 6) is 0.156. The van der Waals surface area contributed by atoms with Crippen LogP contribution in [0.3, 0.4) is 0 Å². The fraction of sp³-hybridized carbons (Fsp3) is 0.455. The van der Waals surface area contributed by atoms with E-state index in [0.717, 1.165) is 11.8 Å². The van der Waals surface area contributed by atoms with Crippen molar-refractivity contribution in [2.45, 2.75) is 17.2 Å². The summed E-state index contributed by atoms with van der Waals surface area (Å²) in [6, 6.07) is 6.34. The maximum absolute atomic E-state index is 12.4. The first-order chi connectivity index (χ1) is 8.66. The van der Waals surface area contributed by atoms with Gasteiger partial charge in [-0.05, 0) is 25.3 Å². The summed E-state index contributed by atoms with van der Waals surface area (Å²) in [5, 5.41) is -1.15. The largest absolute Gasteiger partial charge is 0.222 e. The second-order valence-electron chi connectivity index (χ2n) is 4.19. The van der Waals surface area contributed by atoms with Gasteiger partial charge in [-0.15, -0.1) is 0 Å². The fourth-order valence-corrected chi connectivity index (χ4v) is 5.52. The summed E-state index contributed by atoms with van der Waals surface area (Å²) in [7, 11) is -7.31. The minimum absolute atomic E-state index is 0.119. The van der Waals surface area contributed by atoms with Crippen LogP contribution in [-0.4, -0.2) is 40.5 Å². The molecule has 0 aliphatic heterocycles. The molecule has 0 radical (unpaired) electrons. The molecule has 5 nitrogen and oxygen atoms in total. The van der Waals surface area contributed by atoms with Crippen molar-refractivity contribution >= 4 is 31.6 Å². The van der Waals surface area contributed by atoms with Crippen molar-refractivity contribution in [1.29, 1.82) is 0 Å². The van der Waals surface area contributed by atoms with Crippen LogP contribution in [0.15, 0.2) is 29.2 Å². The lowest BCUT2D eigenvalue weighted by atomic mass is 10.2. The molecule has 8 heteroatoms. The summed E-state index contributed by atoms with van der Waals surface area (Å²) >= 11 is 1.27. The zero-order valence-electron chi connectivity index (χ0n) is 11.0. The van der Waals surface area contributed by atoms with Gasteiger partial charge in [0.2, 0.25) is 10.0 Å². The number of hydrogen-bond donors (Lipinski definition) is 1. The van der Waals surface area contributed by atoms with E-state index in [9.17, 15) is 16.8 Å². The van der Waals surface area contributed by atoms with E-state index >= 15 is 0 Å². The molecule has 0 saturated heterocycles. The number of sulfone groups is 1. The van der Waals surface area contributed by atoms with E-state index in [2.05, 4.69) is 4.72 Å². The Kier molecular flexibility index (Phi) is 5.43. The molecule has 0 aliphatic carbocycles. The zero-order chi connectivity index (χ0) is 14.7. The maximum Gasteiger partial charge on any atom is 0.209 e. The molecule has 1 unspecified atom stereocenters. The van der Waals surface area contributed by atoms with Crippen LogP contribution in [0.5, 0.6) is 0 Å². The Morgan fingerprint density at radius 1 is 1.16 bits per heavy atom. The molecule has 0 fully saturated rings. The van der Waals surface area contributed by atoms with Gasteiger partial charge in [0.25, 0.3) is 0 Å². The van der Waals surface area contributed by atoms with E-state index in [1.807, 2.05) is 6.92 Å². The summed E-state index contributed by atoms with van der Waals surface area (Å²) in [4.78, 5) is 0.119. The van der Waals surface area contributed by atoms with Gasteiger partial charge >= 0.3 is 0 Å². The normalized spacial score (nSPS) is 14.3. The minimum Gasteiger partial charge on any atom is -0.222 e. The van der Waals surface area contributed by atoms with Gasteiger partial charge in [-0.3, -0.25) is 0 Å². The third-order valence-corrected chi connectivity index (χ3v) is 6.09. The highest BCUT2D eigenvalue weighted by Gasteiger charge is 2.29. The van der Waals surface area contributed by atoms with Crippen LogP contribution in [0, 0.1) is 6.92 Å². The van der Waals surface area contributed by atoms with Gasteiger partial charge in [-0.1, -0.05) is 17.7 Å². The number of thioether (sulfide) groups is 1. The Labute approximate surface area is 118 Å². The Morgan fingerprint density at radius 3 is 2.11 bits per heavy atom. The second-order valence-corrected chi connectivity index (χ2v) is 9.01. The topological polar surface area (TPSA) is 80.3 Å². The number of aryl methyl sites for hydroxylation is 1. The molecular weight excluding hydrogens is 306 g/mol. The van der Waals surface area contributed by atoms with E-state index in [-0.39, 0.29) is 10.6 Å². The molecule has 0 saturated carbocycles. The first-order valence-corrected chi connectivity index (χ1v) is 10.3. The first-order valence-electron chi connectivity index (χ1n) is 5.43. The molecule has 0 aromatic heterocycles. The lowest BCUT2D eigenvalue weighted by molar-refractivity contribution is 0.564. The quantitative estimate of drug-likeness (QED) is 0.845. The minimum atomic E-state index is -3.72. The number of hydrogen-bond acceptors (Lipinski definition) is 5. The molecule has 1 N–H and O–H groups in total. The number of benzene rings is 1. The lowest BCUT2D eigenvalue weighted by Crippen LogP contribution is -2.42. The van der Waals surface area contributed by atoms with Crippen LogP contribution < -0.4 is 4.72 Å². The van der Waals surface area contributed by atoms with Crippen molar-refractivity contribution in [3.63, 3.8) is 0 Å². The summed E-state index contributed by atoms with van der Waals surface area (Å²) in [5.41, 5.74) is 0.941. The summed E-state index contributed by atoms with van der Waals surface area (Å²) in [6.07, 6.45) is 2.67. The monoisotopic (exact) mass is 323 g/mol. The van der Waals surface area contributed by atoms with Crippen LogP contribution in [0.4, 0.5) is 0 Å². The molecule has 0 bridgehead atoms. The van der Waals surface area contributed by atoms with Crippen LogP contribution in [0.1, 0.15) is 5.56 Å². The van der Waals surface area contributed by atoms with Crippen LogP contribution in [-0.2, 0) is 19.9 Å². The number of rotatable bonds is 6. The fourth-order valence-electron chi connectivity index (χ4n) is 1.47. The van der Waals surface area contributed by atoms with Gasteiger partial charge in [0.05, 0.1) is 11.2 Å². The average molecular weight is 323 g/mol. The van der Waals surface area contributed by atoms with Crippen molar-refractivity contribution in [1.82, 2.24) is 4.72 Å². The maximum atomic E-state index is 12.4. The molecule has 0 aliphatic rings. The zero-order valence-corrected chi connectivity index (χ0v) is 13.4. The van der Waals surface area contributed by atoms with Gasteiger partial charge in [0, 0.05) is 5.75 Å². The smallest absolute Gasteiger partial charge is 0.209 e. The van der Waals surface area contributed by atoms with Crippen molar-refractivity contribution in [3.05, 3.63) is 29.8 Å². The number of nitrogens with one attached hydrogen (secondary N) is 1. The van der Waals surface area contributed by atoms with Gasteiger partial charge < -0.3 is 0 Å². The summed E-state index contributed by atoms with van der Waals surface area (Å²) < 4.78 is 49.4. The third kappa shape index (κ3) is 4.79. The molecule has 19 heavy (non-hydrogen) atoms. The average Bonchev–Trinajstić information content (AvgIpc) is 2.27. The van der Waals surface area contributed by atoms with Gasteiger partial charge in [0.15, 0.2) is 9.84 Å². The van der Waals surface area contributed by atoms with Gasteiger partial charge in [0.1, 0.15) is 5.37 Å².